The molecule has 0 heterocycles. The highest BCUT2D eigenvalue weighted by atomic mass is 16.5. The standard InChI is InChI=1S/C6H14O3.C6H10O2/c1-2-6(3-7,4-8)5-9;1-5(2)4-6(7)8-3/h7-9H,2-5H2,1H3;4H,1-3H3. The van der Waals surface area contributed by atoms with Crippen molar-refractivity contribution in [3.63, 3.8) is 0 Å². The lowest BCUT2D eigenvalue weighted by atomic mass is 9.88. The van der Waals surface area contributed by atoms with Gasteiger partial charge in [-0.25, -0.2) is 4.79 Å². The lowest BCUT2D eigenvalue weighted by Crippen LogP contribution is -2.32. The Bertz CT molecular complexity index is 210. The molecule has 0 atom stereocenters. The third-order valence-corrected chi connectivity index (χ3v) is 2.36. The highest BCUT2D eigenvalue weighted by molar-refractivity contribution is 5.82. The minimum absolute atomic E-state index is 0.156. The van der Waals surface area contributed by atoms with Crippen LogP contribution in [0.15, 0.2) is 11.6 Å². The Balaban J connectivity index is 0. The Morgan fingerprint density at radius 1 is 1.18 bits per heavy atom. The summed E-state index contributed by atoms with van der Waals surface area (Å²) >= 11 is 0. The van der Waals surface area contributed by atoms with Crippen LogP contribution in [0.2, 0.25) is 0 Å². The fraction of sp³-hybridized carbons (Fsp3) is 0.750. The molecule has 102 valence electrons. The zero-order valence-electron chi connectivity index (χ0n) is 11.1. The Kier molecular flexibility index (Phi) is 11.1. The Morgan fingerprint density at radius 3 is 1.65 bits per heavy atom. The van der Waals surface area contributed by atoms with Crippen LogP contribution in [-0.4, -0.2) is 48.2 Å². The van der Waals surface area contributed by atoms with Gasteiger partial charge in [0.15, 0.2) is 0 Å². The van der Waals surface area contributed by atoms with Crippen LogP contribution in [0.25, 0.3) is 0 Å². The van der Waals surface area contributed by atoms with Crippen LogP contribution in [0.1, 0.15) is 27.2 Å². The monoisotopic (exact) mass is 248 g/mol. The molecule has 5 heteroatoms. The molecule has 17 heavy (non-hydrogen) atoms. The number of methoxy groups -OCH3 is 1. The fourth-order valence-corrected chi connectivity index (χ4v) is 0.780. The minimum atomic E-state index is -0.667. The fourth-order valence-electron chi connectivity index (χ4n) is 0.780. The van der Waals surface area contributed by atoms with Crippen molar-refractivity contribution in [1.82, 2.24) is 0 Å². The van der Waals surface area contributed by atoms with Crippen LogP contribution in [0, 0.1) is 5.41 Å². The first kappa shape index (κ1) is 18.5. The normalized spacial score (nSPS) is 10.1. The number of carbonyl (C=O) groups excluding carboxylic acids is 1. The number of allylic oxidation sites excluding steroid dienone is 1. The molecule has 0 aliphatic heterocycles. The molecular formula is C12H24O5. The van der Waals surface area contributed by atoms with E-state index in [0.29, 0.717) is 6.42 Å². The van der Waals surface area contributed by atoms with Crippen LogP contribution in [0.4, 0.5) is 0 Å². The molecule has 0 aromatic carbocycles. The van der Waals surface area contributed by atoms with Crippen LogP contribution >= 0.6 is 0 Å². The predicted octanol–water partition coefficient (Wildman–Crippen LogP) is 0.485. The maximum Gasteiger partial charge on any atom is 0.330 e. The molecule has 0 saturated carbocycles. The summed E-state index contributed by atoms with van der Waals surface area (Å²) in [6, 6.07) is 0. The molecule has 3 N–H and O–H groups in total. The summed E-state index contributed by atoms with van der Waals surface area (Å²) in [5.41, 5.74) is 0.289. The van der Waals surface area contributed by atoms with E-state index in [2.05, 4.69) is 4.74 Å². The molecule has 0 saturated heterocycles. The number of hydrogen-bond donors (Lipinski definition) is 3. The van der Waals surface area contributed by atoms with E-state index in [1.807, 2.05) is 20.8 Å². The molecule has 0 aliphatic carbocycles. The first-order valence-electron chi connectivity index (χ1n) is 5.46. The minimum Gasteiger partial charge on any atom is -0.466 e. The van der Waals surface area contributed by atoms with Gasteiger partial charge in [-0.15, -0.1) is 0 Å². The molecule has 0 aromatic rings. The lowest BCUT2D eigenvalue weighted by molar-refractivity contribution is -0.134. The summed E-state index contributed by atoms with van der Waals surface area (Å²) in [4.78, 5) is 10.3. The van der Waals surface area contributed by atoms with Crippen molar-refractivity contribution in [3.8, 4) is 0 Å². The maximum atomic E-state index is 10.3. The molecule has 5 nitrogen and oxygen atoms in total. The number of carbonyl (C=O) groups is 1. The van der Waals surface area contributed by atoms with Crippen molar-refractivity contribution >= 4 is 5.97 Å². The van der Waals surface area contributed by atoms with Gasteiger partial charge in [-0.2, -0.15) is 0 Å². The Labute approximate surface area is 103 Å². The third kappa shape index (κ3) is 8.85. The van der Waals surface area contributed by atoms with Crippen LogP contribution < -0.4 is 0 Å². The number of esters is 1. The van der Waals surface area contributed by atoms with Crippen molar-refractivity contribution in [3.05, 3.63) is 11.6 Å². The Morgan fingerprint density at radius 2 is 1.59 bits per heavy atom. The zero-order valence-corrected chi connectivity index (χ0v) is 11.1. The molecule has 0 spiro atoms. The number of rotatable bonds is 5. The average Bonchev–Trinajstić information content (AvgIpc) is 2.33. The molecule has 0 unspecified atom stereocenters. The van der Waals surface area contributed by atoms with Gasteiger partial charge in [-0.3, -0.25) is 0 Å². The van der Waals surface area contributed by atoms with Crippen LogP contribution in [0.3, 0.4) is 0 Å². The summed E-state index contributed by atoms with van der Waals surface area (Å²) in [6.07, 6.45) is 2.04. The Hall–Kier alpha value is -0.910. The summed E-state index contributed by atoms with van der Waals surface area (Å²) in [7, 11) is 1.36. The van der Waals surface area contributed by atoms with Gasteiger partial charge in [-0.1, -0.05) is 12.5 Å². The van der Waals surface area contributed by atoms with Gasteiger partial charge in [0.2, 0.25) is 0 Å². The number of aliphatic hydroxyl groups excluding tert-OH is 3. The molecular weight excluding hydrogens is 224 g/mol. The third-order valence-electron chi connectivity index (χ3n) is 2.36. The van der Waals surface area contributed by atoms with Gasteiger partial charge in [0, 0.05) is 11.5 Å². The molecule has 0 bridgehead atoms. The quantitative estimate of drug-likeness (QED) is 0.487. The van der Waals surface area contributed by atoms with Gasteiger partial charge in [0.1, 0.15) is 0 Å². The smallest absolute Gasteiger partial charge is 0.330 e. The van der Waals surface area contributed by atoms with E-state index in [1.165, 1.54) is 13.2 Å². The van der Waals surface area contributed by atoms with Crippen LogP contribution in [0.5, 0.6) is 0 Å². The van der Waals surface area contributed by atoms with Crippen molar-refractivity contribution in [2.75, 3.05) is 26.9 Å². The first-order chi connectivity index (χ1) is 7.91. The SMILES string of the molecule is CCC(CO)(CO)CO.COC(=O)C=C(C)C. The lowest BCUT2D eigenvalue weighted by Gasteiger charge is -2.24. The molecule has 0 aromatic heterocycles. The van der Waals surface area contributed by atoms with Gasteiger partial charge >= 0.3 is 5.97 Å². The molecule has 0 radical (unpaired) electrons. The first-order valence-corrected chi connectivity index (χ1v) is 5.46. The van der Waals surface area contributed by atoms with Crippen molar-refractivity contribution in [2.24, 2.45) is 5.41 Å². The largest absolute Gasteiger partial charge is 0.466 e. The number of aliphatic hydroxyl groups is 3. The second-order valence-corrected chi connectivity index (χ2v) is 4.07. The highest BCUT2D eigenvalue weighted by Crippen LogP contribution is 2.18. The van der Waals surface area contributed by atoms with Gasteiger partial charge < -0.3 is 20.1 Å². The van der Waals surface area contributed by atoms with E-state index in [-0.39, 0.29) is 25.8 Å². The molecule has 0 rings (SSSR count). The predicted molar refractivity (Wildman–Crippen MR) is 65.4 cm³/mol. The van der Waals surface area contributed by atoms with Gasteiger partial charge in [0.25, 0.3) is 0 Å². The van der Waals surface area contributed by atoms with Gasteiger partial charge in [0.05, 0.1) is 26.9 Å². The second-order valence-electron chi connectivity index (χ2n) is 4.07. The zero-order chi connectivity index (χ0) is 13.9. The second kappa shape index (κ2) is 10.3. The summed E-state index contributed by atoms with van der Waals surface area (Å²) in [5, 5.41) is 26.0. The van der Waals surface area contributed by atoms with E-state index in [9.17, 15) is 4.79 Å². The highest BCUT2D eigenvalue weighted by Gasteiger charge is 2.24. The maximum absolute atomic E-state index is 10.3. The summed E-state index contributed by atoms with van der Waals surface area (Å²) in [6.45, 7) is 5.04. The van der Waals surface area contributed by atoms with E-state index < -0.39 is 5.41 Å². The number of hydrogen-bond acceptors (Lipinski definition) is 5. The molecule has 0 fully saturated rings. The van der Waals surface area contributed by atoms with E-state index in [4.69, 9.17) is 15.3 Å². The van der Waals surface area contributed by atoms with Crippen molar-refractivity contribution < 1.29 is 24.9 Å². The van der Waals surface area contributed by atoms with Crippen LogP contribution in [-0.2, 0) is 9.53 Å². The molecule has 0 amide bonds. The van der Waals surface area contributed by atoms with E-state index >= 15 is 0 Å². The average molecular weight is 248 g/mol. The van der Waals surface area contributed by atoms with E-state index in [0.717, 1.165) is 5.57 Å². The topological polar surface area (TPSA) is 87.0 Å². The van der Waals surface area contributed by atoms with Gasteiger partial charge in [-0.05, 0) is 20.3 Å². The number of ether oxygens (including phenoxy) is 1. The van der Waals surface area contributed by atoms with Crippen molar-refractivity contribution in [1.29, 1.82) is 0 Å². The van der Waals surface area contributed by atoms with E-state index in [1.54, 1.807) is 0 Å². The summed E-state index contributed by atoms with van der Waals surface area (Å²) in [5.74, 6) is -0.287. The summed E-state index contributed by atoms with van der Waals surface area (Å²) < 4.78 is 4.35. The molecule has 0 aliphatic rings. The van der Waals surface area contributed by atoms with Crippen molar-refractivity contribution in [2.45, 2.75) is 27.2 Å².